The first-order chi connectivity index (χ1) is 14.2. The molecule has 4 aliphatic rings. The van der Waals surface area contributed by atoms with E-state index in [2.05, 4.69) is 21.3 Å². The molecule has 3 saturated carbocycles. The van der Waals surface area contributed by atoms with Crippen molar-refractivity contribution in [2.75, 3.05) is 20.2 Å². The van der Waals surface area contributed by atoms with Crippen LogP contribution in [0, 0.1) is 17.8 Å². The Kier molecular flexibility index (Phi) is 7.84. The number of methoxy groups -OCH3 is 1. The number of ether oxygens (including phenoxy) is 1. The highest BCUT2D eigenvalue weighted by Crippen LogP contribution is 2.32. The van der Waals surface area contributed by atoms with E-state index >= 15 is 0 Å². The fourth-order valence-corrected chi connectivity index (χ4v) is 6.08. The van der Waals surface area contributed by atoms with Gasteiger partial charge in [-0.1, -0.05) is 12.8 Å². The Bertz CT molecular complexity index is 501. The van der Waals surface area contributed by atoms with E-state index in [4.69, 9.17) is 4.74 Å². The third-order valence-corrected chi connectivity index (χ3v) is 8.09. The first-order valence-corrected chi connectivity index (χ1v) is 12.3. The number of amides is 1. The number of rotatable bonds is 6. The van der Waals surface area contributed by atoms with Crippen LogP contribution < -0.4 is 21.3 Å². The van der Waals surface area contributed by atoms with Gasteiger partial charge >= 0.3 is 0 Å². The van der Waals surface area contributed by atoms with Gasteiger partial charge in [0.25, 0.3) is 0 Å². The van der Waals surface area contributed by atoms with Gasteiger partial charge in [0.2, 0.25) is 5.91 Å². The van der Waals surface area contributed by atoms with Crippen molar-refractivity contribution in [3.63, 3.8) is 0 Å². The van der Waals surface area contributed by atoms with Crippen LogP contribution in [0.15, 0.2) is 0 Å². The lowest BCUT2D eigenvalue weighted by Gasteiger charge is -2.40. The maximum atomic E-state index is 12.5. The smallest absolute Gasteiger partial charge is 0.223 e. The van der Waals surface area contributed by atoms with Crippen molar-refractivity contribution >= 4 is 5.91 Å². The summed E-state index contributed by atoms with van der Waals surface area (Å²) in [5.41, 5.74) is 0. The summed E-state index contributed by atoms with van der Waals surface area (Å²) in [6, 6.07) is 0.968. The third-order valence-electron chi connectivity index (χ3n) is 8.09. The molecule has 0 spiro atoms. The van der Waals surface area contributed by atoms with Gasteiger partial charge in [0, 0.05) is 38.2 Å². The minimum atomic E-state index is 0.218. The van der Waals surface area contributed by atoms with Crippen LogP contribution in [0.5, 0.6) is 0 Å². The number of hydrogen-bond acceptors (Lipinski definition) is 5. The zero-order valence-electron chi connectivity index (χ0n) is 18.3. The summed E-state index contributed by atoms with van der Waals surface area (Å²) in [6.07, 6.45) is 14.9. The number of carbonyl (C=O) groups excluding carboxylic acids is 1. The Morgan fingerprint density at radius 1 is 0.793 bits per heavy atom. The lowest BCUT2D eigenvalue weighted by Crippen LogP contribution is -2.63. The molecule has 0 atom stereocenters. The Labute approximate surface area is 176 Å². The van der Waals surface area contributed by atoms with E-state index in [0.717, 1.165) is 50.6 Å². The SMILES string of the molecule is COC1CCC(C2CNC(NC3CCC(C(=O)NC4CCCC4)CC3)NC2)CC1. The van der Waals surface area contributed by atoms with Gasteiger partial charge in [-0.25, -0.2) is 0 Å². The standard InChI is InChI=1S/C23H42N4O2/c1-29-21-12-8-16(9-13-21)18-14-24-23(25-15-18)27-20-10-6-17(7-11-20)22(28)26-19-4-2-3-5-19/h16-21,23-25,27H,2-15H2,1H3,(H,26,28). The summed E-state index contributed by atoms with van der Waals surface area (Å²) in [6.45, 7) is 2.21. The minimum Gasteiger partial charge on any atom is -0.381 e. The van der Waals surface area contributed by atoms with Crippen LogP contribution in [0.2, 0.25) is 0 Å². The molecule has 0 aromatic carbocycles. The molecule has 6 heteroatoms. The highest BCUT2D eigenvalue weighted by atomic mass is 16.5. The van der Waals surface area contributed by atoms with Gasteiger partial charge in [-0.15, -0.1) is 0 Å². The number of hydrogen-bond donors (Lipinski definition) is 4. The molecule has 0 aromatic rings. The maximum absolute atomic E-state index is 12.5. The highest BCUT2D eigenvalue weighted by molar-refractivity contribution is 5.79. The molecule has 1 heterocycles. The maximum Gasteiger partial charge on any atom is 0.223 e. The summed E-state index contributed by atoms with van der Waals surface area (Å²) in [5, 5.41) is 14.4. The topological polar surface area (TPSA) is 74.4 Å². The molecule has 1 aliphatic heterocycles. The largest absolute Gasteiger partial charge is 0.381 e. The quantitative estimate of drug-likeness (QED) is 0.545. The van der Waals surface area contributed by atoms with Gasteiger partial charge in [-0.3, -0.25) is 20.7 Å². The fraction of sp³-hybridized carbons (Fsp3) is 0.957. The van der Waals surface area contributed by atoms with Crippen LogP contribution in [0.25, 0.3) is 0 Å². The Balaban J connectivity index is 1.12. The molecular formula is C23H42N4O2. The van der Waals surface area contributed by atoms with E-state index in [9.17, 15) is 4.79 Å². The van der Waals surface area contributed by atoms with Crippen LogP contribution >= 0.6 is 0 Å². The average molecular weight is 407 g/mol. The molecule has 4 fully saturated rings. The van der Waals surface area contributed by atoms with Crippen molar-refractivity contribution in [3.8, 4) is 0 Å². The second-order valence-electron chi connectivity index (χ2n) is 9.99. The lowest BCUT2D eigenvalue weighted by atomic mass is 9.78. The normalized spacial score (nSPS) is 39.3. The summed E-state index contributed by atoms with van der Waals surface area (Å²) in [4.78, 5) is 12.5. The molecule has 4 N–H and O–H groups in total. The van der Waals surface area contributed by atoms with Crippen molar-refractivity contribution in [1.82, 2.24) is 21.3 Å². The van der Waals surface area contributed by atoms with Crippen LogP contribution in [0.3, 0.4) is 0 Å². The predicted octanol–water partition coefficient (Wildman–Crippen LogP) is 2.49. The summed E-state index contributed by atoms with van der Waals surface area (Å²) in [7, 11) is 1.85. The Morgan fingerprint density at radius 2 is 1.45 bits per heavy atom. The second kappa shape index (κ2) is 10.6. The Morgan fingerprint density at radius 3 is 2.07 bits per heavy atom. The summed E-state index contributed by atoms with van der Waals surface area (Å²) in [5.74, 6) is 2.11. The van der Waals surface area contributed by atoms with E-state index in [0.29, 0.717) is 24.1 Å². The van der Waals surface area contributed by atoms with Crippen molar-refractivity contribution in [1.29, 1.82) is 0 Å². The van der Waals surface area contributed by atoms with E-state index < -0.39 is 0 Å². The molecule has 0 bridgehead atoms. The molecule has 1 amide bonds. The van der Waals surface area contributed by atoms with Crippen molar-refractivity contribution in [2.24, 2.45) is 17.8 Å². The van der Waals surface area contributed by atoms with Crippen LogP contribution in [-0.2, 0) is 9.53 Å². The van der Waals surface area contributed by atoms with Gasteiger partial charge in [-0.05, 0) is 76.0 Å². The molecule has 29 heavy (non-hydrogen) atoms. The first-order valence-electron chi connectivity index (χ1n) is 12.3. The van der Waals surface area contributed by atoms with Gasteiger partial charge < -0.3 is 10.1 Å². The molecule has 4 rings (SSSR count). The molecular weight excluding hydrogens is 364 g/mol. The van der Waals surface area contributed by atoms with Gasteiger partial charge in [0.15, 0.2) is 0 Å². The molecule has 0 radical (unpaired) electrons. The molecule has 1 saturated heterocycles. The predicted molar refractivity (Wildman–Crippen MR) is 115 cm³/mol. The summed E-state index contributed by atoms with van der Waals surface area (Å²) >= 11 is 0. The molecule has 166 valence electrons. The fourth-order valence-electron chi connectivity index (χ4n) is 6.08. The van der Waals surface area contributed by atoms with Gasteiger partial charge in [0.05, 0.1) is 6.10 Å². The first kappa shape index (κ1) is 21.5. The molecule has 0 aromatic heterocycles. The zero-order chi connectivity index (χ0) is 20.1. The molecule has 3 aliphatic carbocycles. The van der Waals surface area contributed by atoms with Crippen molar-refractivity contribution < 1.29 is 9.53 Å². The van der Waals surface area contributed by atoms with E-state index in [1.807, 2.05) is 7.11 Å². The number of nitrogens with one attached hydrogen (secondary N) is 4. The minimum absolute atomic E-state index is 0.218. The third kappa shape index (κ3) is 5.93. The second-order valence-corrected chi connectivity index (χ2v) is 9.99. The van der Waals surface area contributed by atoms with Crippen LogP contribution in [0.1, 0.15) is 77.0 Å². The van der Waals surface area contributed by atoms with Crippen molar-refractivity contribution in [2.45, 2.75) is 102 Å². The van der Waals surface area contributed by atoms with Crippen LogP contribution in [0.4, 0.5) is 0 Å². The van der Waals surface area contributed by atoms with Gasteiger partial charge in [0.1, 0.15) is 6.29 Å². The Hall–Kier alpha value is -0.690. The molecule has 6 nitrogen and oxygen atoms in total. The van der Waals surface area contributed by atoms with Crippen molar-refractivity contribution in [3.05, 3.63) is 0 Å². The highest BCUT2D eigenvalue weighted by Gasteiger charge is 2.33. The number of carbonyl (C=O) groups is 1. The lowest BCUT2D eigenvalue weighted by molar-refractivity contribution is -0.126. The monoisotopic (exact) mass is 406 g/mol. The molecule has 0 unspecified atom stereocenters. The van der Waals surface area contributed by atoms with E-state index in [1.54, 1.807) is 0 Å². The zero-order valence-corrected chi connectivity index (χ0v) is 18.3. The van der Waals surface area contributed by atoms with E-state index in [1.165, 1.54) is 51.4 Å². The average Bonchev–Trinajstić information content (AvgIpc) is 3.28. The van der Waals surface area contributed by atoms with E-state index in [-0.39, 0.29) is 12.2 Å². The van der Waals surface area contributed by atoms with Gasteiger partial charge in [-0.2, -0.15) is 0 Å². The van der Waals surface area contributed by atoms with Crippen LogP contribution in [-0.4, -0.2) is 50.6 Å². The summed E-state index contributed by atoms with van der Waals surface area (Å²) < 4.78 is 5.52.